The van der Waals surface area contributed by atoms with Gasteiger partial charge in [-0.1, -0.05) is 12.5 Å². The summed E-state index contributed by atoms with van der Waals surface area (Å²) in [6.45, 7) is 6.08. The molecule has 1 N–H and O–H groups in total. The molecule has 0 spiro atoms. The van der Waals surface area contributed by atoms with Crippen molar-refractivity contribution in [3.8, 4) is 5.75 Å². The highest BCUT2D eigenvalue weighted by Crippen LogP contribution is 2.16. The van der Waals surface area contributed by atoms with Crippen LogP contribution in [0.25, 0.3) is 0 Å². The molecule has 1 saturated heterocycles. The predicted molar refractivity (Wildman–Crippen MR) is 79.5 cm³/mol. The monoisotopic (exact) mass is 280 g/mol. The van der Waals surface area contributed by atoms with Gasteiger partial charge in [-0.2, -0.15) is 0 Å². The van der Waals surface area contributed by atoms with Crippen molar-refractivity contribution in [1.82, 2.24) is 10.2 Å². The molecule has 20 heavy (non-hydrogen) atoms. The average molecular weight is 280 g/mol. The zero-order valence-corrected chi connectivity index (χ0v) is 12.5. The van der Waals surface area contributed by atoms with Crippen molar-refractivity contribution < 1.29 is 9.13 Å². The van der Waals surface area contributed by atoms with Crippen LogP contribution in [0.3, 0.4) is 0 Å². The molecule has 0 saturated carbocycles. The van der Waals surface area contributed by atoms with Crippen LogP contribution >= 0.6 is 0 Å². The third-order valence-corrected chi connectivity index (χ3v) is 4.03. The van der Waals surface area contributed by atoms with E-state index in [0.29, 0.717) is 23.9 Å². The van der Waals surface area contributed by atoms with E-state index in [9.17, 15) is 4.39 Å². The third-order valence-electron chi connectivity index (χ3n) is 4.03. The van der Waals surface area contributed by atoms with Gasteiger partial charge in [0, 0.05) is 30.8 Å². The Bertz CT molecular complexity index is 419. The van der Waals surface area contributed by atoms with Crippen molar-refractivity contribution in [3.63, 3.8) is 0 Å². The Kier molecular flexibility index (Phi) is 5.80. The summed E-state index contributed by atoms with van der Waals surface area (Å²) in [7, 11) is 1.55. The van der Waals surface area contributed by atoms with Gasteiger partial charge < -0.3 is 10.1 Å². The van der Waals surface area contributed by atoms with Crippen molar-refractivity contribution in [1.29, 1.82) is 0 Å². The van der Waals surface area contributed by atoms with E-state index in [1.165, 1.54) is 38.4 Å². The van der Waals surface area contributed by atoms with Crippen LogP contribution in [0.5, 0.6) is 5.75 Å². The fraction of sp³-hybridized carbons (Fsp3) is 0.625. The van der Waals surface area contributed by atoms with Gasteiger partial charge >= 0.3 is 0 Å². The zero-order chi connectivity index (χ0) is 14.4. The Morgan fingerprint density at radius 1 is 1.30 bits per heavy atom. The van der Waals surface area contributed by atoms with Gasteiger partial charge in [0.15, 0.2) is 0 Å². The normalized spacial score (nSPS) is 17.9. The summed E-state index contributed by atoms with van der Waals surface area (Å²) in [5.41, 5.74) is 0.691. The second-order valence-electron chi connectivity index (χ2n) is 5.53. The molecule has 2 rings (SSSR count). The minimum absolute atomic E-state index is 0.206. The van der Waals surface area contributed by atoms with Crippen LogP contribution in [0.2, 0.25) is 0 Å². The van der Waals surface area contributed by atoms with Crippen LogP contribution < -0.4 is 10.1 Å². The molecule has 1 aromatic rings. The topological polar surface area (TPSA) is 24.5 Å². The van der Waals surface area contributed by atoms with Crippen LogP contribution in [0.1, 0.15) is 31.7 Å². The Labute approximate surface area is 121 Å². The molecule has 0 aromatic heterocycles. The largest absolute Gasteiger partial charge is 0.497 e. The molecule has 112 valence electrons. The van der Waals surface area contributed by atoms with E-state index in [-0.39, 0.29) is 5.82 Å². The van der Waals surface area contributed by atoms with Crippen LogP contribution in [0.4, 0.5) is 4.39 Å². The van der Waals surface area contributed by atoms with Gasteiger partial charge in [0.1, 0.15) is 11.6 Å². The number of benzene rings is 1. The quantitative estimate of drug-likeness (QED) is 0.867. The highest BCUT2D eigenvalue weighted by atomic mass is 19.1. The lowest BCUT2D eigenvalue weighted by Crippen LogP contribution is -2.43. The summed E-state index contributed by atoms with van der Waals surface area (Å²) >= 11 is 0. The molecular formula is C16H25FN2O. The number of nitrogens with zero attached hydrogens (tertiary/aromatic N) is 1. The summed E-state index contributed by atoms with van der Waals surface area (Å²) in [5, 5.41) is 3.35. The first kappa shape index (κ1) is 15.3. The van der Waals surface area contributed by atoms with Gasteiger partial charge in [-0.15, -0.1) is 0 Å². The first-order valence-electron chi connectivity index (χ1n) is 7.48. The molecule has 1 aromatic carbocycles. The molecule has 1 aliphatic heterocycles. The summed E-state index contributed by atoms with van der Waals surface area (Å²) in [6, 6.07) is 5.53. The maximum absolute atomic E-state index is 13.8. The fourth-order valence-corrected chi connectivity index (χ4v) is 2.70. The molecule has 3 nitrogen and oxygen atoms in total. The number of rotatable bonds is 6. The highest BCUT2D eigenvalue weighted by Gasteiger charge is 2.16. The Hall–Kier alpha value is -1.13. The highest BCUT2D eigenvalue weighted by molar-refractivity contribution is 5.28. The standard InChI is InChI=1S/C16H25FN2O/c1-13(19-8-4-3-5-9-19)11-18-12-14-6-7-15(20-2)10-16(14)17/h6-7,10,13,18H,3-5,8-9,11-12H2,1-2H3. The van der Waals surface area contributed by atoms with Crippen LogP contribution in [-0.2, 0) is 6.54 Å². The van der Waals surface area contributed by atoms with Gasteiger partial charge in [0.2, 0.25) is 0 Å². The summed E-state index contributed by atoms with van der Waals surface area (Å²) in [5.74, 6) is 0.357. The van der Waals surface area contributed by atoms with Crippen molar-refractivity contribution in [2.75, 3.05) is 26.7 Å². The number of halogens is 1. The van der Waals surface area contributed by atoms with E-state index in [1.807, 2.05) is 0 Å². The average Bonchev–Trinajstić information content (AvgIpc) is 2.49. The van der Waals surface area contributed by atoms with Crippen molar-refractivity contribution in [2.24, 2.45) is 0 Å². The van der Waals surface area contributed by atoms with Gasteiger partial charge in [-0.3, -0.25) is 4.90 Å². The Morgan fingerprint density at radius 2 is 2.05 bits per heavy atom. The molecule has 0 radical (unpaired) electrons. The number of likely N-dealkylation sites (tertiary alicyclic amines) is 1. The lowest BCUT2D eigenvalue weighted by molar-refractivity contribution is 0.170. The van der Waals surface area contributed by atoms with E-state index in [1.54, 1.807) is 19.2 Å². The molecule has 4 heteroatoms. The molecular weight excluding hydrogens is 255 g/mol. The Morgan fingerprint density at radius 3 is 2.70 bits per heavy atom. The maximum atomic E-state index is 13.8. The van der Waals surface area contributed by atoms with E-state index >= 15 is 0 Å². The van der Waals surface area contributed by atoms with E-state index in [0.717, 1.165) is 6.54 Å². The smallest absolute Gasteiger partial charge is 0.131 e. The molecule has 0 bridgehead atoms. The predicted octanol–water partition coefficient (Wildman–Crippen LogP) is 2.80. The second kappa shape index (κ2) is 7.60. The van der Waals surface area contributed by atoms with E-state index in [4.69, 9.17) is 4.74 Å². The molecule has 1 unspecified atom stereocenters. The van der Waals surface area contributed by atoms with Gasteiger partial charge in [-0.25, -0.2) is 4.39 Å². The van der Waals surface area contributed by atoms with Crippen LogP contribution in [0, 0.1) is 5.82 Å². The fourth-order valence-electron chi connectivity index (χ4n) is 2.70. The molecule has 1 fully saturated rings. The summed E-state index contributed by atoms with van der Waals surface area (Å²) < 4.78 is 18.8. The van der Waals surface area contributed by atoms with Crippen molar-refractivity contribution in [2.45, 2.75) is 38.8 Å². The molecule has 1 atom stereocenters. The van der Waals surface area contributed by atoms with Gasteiger partial charge in [0.25, 0.3) is 0 Å². The lowest BCUT2D eigenvalue weighted by atomic mass is 10.1. The second-order valence-corrected chi connectivity index (χ2v) is 5.53. The molecule has 0 aliphatic carbocycles. The number of hydrogen-bond donors (Lipinski definition) is 1. The minimum atomic E-state index is -0.206. The first-order valence-corrected chi connectivity index (χ1v) is 7.48. The Balaban J connectivity index is 1.77. The number of nitrogens with one attached hydrogen (secondary N) is 1. The van der Waals surface area contributed by atoms with Crippen LogP contribution in [0.15, 0.2) is 18.2 Å². The number of methoxy groups -OCH3 is 1. The number of piperidine rings is 1. The lowest BCUT2D eigenvalue weighted by Gasteiger charge is -2.32. The third kappa shape index (κ3) is 4.18. The molecule has 0 amide bonds. The van der Waals surface area contributed by atoms with Crippen molar-refractivity contribution in [3.05, 3.63) is 29.6 Å². The minimum Gasteiger partial charge on any atom is -0.497 e. The summed E-state index contributed by atoms with van der Waals surface area (Å²) in [4.78, 5) is 2.51. The molecule has 1 aliphatic rings. The summed E-state index contributed by atoms with van der Waals surface area (Å²) in [6.07, 6.45) is 3.96. The molecule has 1 heterocycles. The maximum Gasteiger partial charge on any atom is 0.131 e. The van der Waals surface area contributed by atoms with E-state index in [2.05, 4.69) is 17.1 Å². The van der Waals surface area contributed by atoms with Crippen LogP contribution in [-0.4, -0.2) is 37.7 Å². The first-order chi connectivity index (χ1) is 9.70. The van der Waals surface area contributed by atoms with E-state index < -0.39 is 0 Å². The van der Waals surface area contributed by atoms with Gasteiger partial charge in [0.05, 0.1) is 7.11 Å². The number of hydrogen-bond acceptors (Lipinski definition) is 3. The van der Waals surface area contributed by atoms with Gasteiger partial charge in [-0.05, 0) is 38.9 Å². The van der Waals surface area contributed by atoms with Crippen molar-refractivity contribution >= 4 is 0 Å². The zero-order valence-electron chi connectivity index (χ0n) is 12.5. The SMILES string of the molecule is COc1ccc(CNCC(C)N2CCCCC2)c(F)c1. The number of ether oxygens (including phenoxy) is 1.